The summed E-state index contributed by atoms with van der Waals surface area (Å²) in [6, 6.07) is -12.6. The van der Waals surface area contributed by atoms with Gasteiger partial charge in [0.2, 0.25) is 65.0 Å². The SMILES string of the molecule is COC(c1ccc(O)cc1)C1NC(=O)[C@H](CCC(N)=O)N(C)C(=O)[C@H](CC(C)C)NC(=O)[C@@H](CCCN=C(N)N)NC(=O)C([C@@H](C)O)NC(=O)[C@H](NC(=O)[C@@H](NC(=O)[C@H](O)[C@H](O)[C@H](CCCN=C(N)N)NC(=O)[C@@H](C)NC(=O)[C@H](C)[C@H](O)[C@H](C)CC(C)C)[C@@H](C)[C@@H](C)C(N)=O)[C@@H](C)OC(=O)[C@H](C)N(C)C1=O. The molecule has 0 aromatic heterocycles. The lowest BCUT2D eigenvalue weighted by Crippen LogP contribution is -2.65. The Kier molecular flexibility index (Phi) is 38.2. The van der Waals surface area contributed by atoms with Gasteiger partial charge in [0, 0.05) is 46.6 Å². The number of aromatic hydroxyl groups is 1. The zero-order valence-electron chi connectivity index (χ0n) is 63.2. The number of guanidine groups is 2. The molecule has 106 heavy (non-hydrogen) atoms. The van der Waals surface area contributed by atoms with Gasteiger partial charge < -0.3 is 122 Å². The number of nitrogens with zero attached hydrogens (tertiary/aromatic N) is 4. The molecule has 0 bridgehead atoms. The lowest BCUT2D eigenvalue weighted by molar-refractivity contribution is -0.162. The van der Waals surface area contributed by atoms with Crippen LogP contribution in [0.15, 0.2) is 34.3 Å². The summed E-state index contributed by atoms with van der Waals surface area (Å²) >= 11 is 0. The number of hydrogen-bond acceptors (Lipinski definition) is 22. The van der Waals surface area contributed by atoms with E-state index in [0.29, 0.717) is 6.42 Å². The van der Waals surface area contributed by atoms with Gasteiger partial charge in [-0.25, -0.2) is 4.79 Å². The molecule has 1 saturated heterocycles. The molecule has 1 aliphatic rings. The Morgan fingerprint density at radius 2 is 1.19 bits per heavy atom. The Morgan fingerprint density at radius 1 is 0.623 bits per heavy atom. The molecule has 1 aromatic carbocycles. The minimum Gasteiger partial charge on any atom is -0.508 e. The number of amides is 12. The molecule has 0 radical (unpaired) electrons. The molecule has 38 heteroatoms. The first-order valence-corrected chi connectivity index (χ1v) is 35.2. The summed E-state index contributed by atoms with van der Waals surface area (Å²) < 4.78 is 11.7. The number of aliphatic imine (C=N–C) groups is 2. The van der Waals surface area contributed by atoms with E-state index in [2.05, 4.69) is 52.5 Å². The number of methoxy groups -OCH3 is 1. The number of nitrogens with two attached hydrogens (primary N) is 6. The highest BCUT2D eigenvalue weighted by molar-refractivity contribution is 5.99. The second-order valence-electron chi connectivity index (χ2n) is 28.0. The molecular weight excluding hydrogens is 1390 g/mol. The summed E-state index contributed by atoms with van der Waals surface area (Å²) in [5.74, 6) is -19.8. The lowest BCUT2D eigenvalue weighted by Gasteiger charge is -2.36. The molecule has 12 amide bonds. The van der Waals surface area contributed by atoms with Crippen molar-refractivity contribution in [2.45, 2.75) is 231 Å². The molecule has 2 rings (SSSR count). The lowest BCUT2D eigenvalue weighted by atomic mass is 9.87. The van der Waals surface area contributed by atoms with E-state index in [-0.39, 0.29) is 86.2 Å². The molecule has 598 valence electrons. The van der Waals surface area contributed by atoms with Gasteiger partial charge in [0.05, 0.1) is 24.2 Å². The normalized spacial score (nSPS) is 23.2. The fraction of sp³-hybridized carbons (Fsp3) is 0.691. The minimum atomic E-state index is -2.58. The first-order chi connectivity index (χ1) is 49.3. The van der Waals surface area contributed by atoms with Crippen molar-refractivity contribution >= 4 is 88.8 Å². The van der Waals surface area contributed by atoms with Crippen molar-refractivity contribution in [3.05, 3.63) is 29.8 Å². The summed E-state index contributed by atoms with van der Waals surface area (Å²) in [5.41, 5.74) is 33.6. The number of likely N-dealkylation sites (N-methyl/N-ethyl adjacent to an activating group) is 2. The van der Waals surface area contributed by atoms with E-state index in [9.17, 15) is 73.5 Å². The molecular formula is C68H116N18O20. The van der Waals surface area contributed by atoms with Gasteiger partial charge in [0.25, 0.3) is 5.91 Å². The highest BCUT2D eigenvalue weighted by atomic mass is 16.5. The summed E-state index contributed by atoms with van der Waals surface area (Å²) in [6.45, 7) is 17.4. The molecule has 3 unspecified atom stereocenters. The van der Waals surface area contributed by atoms with Crippen molar-refractivity contribution < 1.29 is 97.3 Å². The molecule has 38 nitrogen and oxygen atoms in total. The van der Waals surface area contributed by atoms with E-state index in [0.717, 1.165) is 37.6 Å². The van der Waals surface area contributed by atoms with Crippen molar-refractivity contribution in [2.75, 3.05) is 34.3 Å². The molecule has 1 aromatic rings. The highest BCUT2D eigenvalue weighted by Gasteiger charge is 2.45. The van der Waals surface area contributed by atoms with Crippen LogP contribution in [0.4, 0.5) is 0 Å². The van der Waals surface area contributed by atoms with Gasteiger partial charge in [0.15, 0.2) is 18.0 Å². The third kappa shape index (κ3) is 28.7. The van der Waals surface area contributed by atoms with Crippen LogP contribution in [0.1, 0.15) is 146 Å². The minimum absolute atomic E-state index is 0.00975. The zero-order valence-corrected chi connectivity index (χ0v) is 63.2. The van der Waals surface area contributed by atoms with E-state index >= 15 is 14.4 Å². The maximum Gasteiger partial charge on any atom is 0.328 e. The molecule has 0 spiro atoms. The fourth-order valence-corrected chi connectivity index (χ4v) is 11.7. The maximum atomic E-state index is 15.1. The van der Waals surface area contributed by atoms with E-state index < -0.39 is 204 Å². The van der Waals surface area contributed by atoms with Crippen LogP contribution in [0.25, 0.3) is 0 Å². The van der Waals surface area contributed by atoms with E-state index in [1.54, 1.807) is 20.8 Å². The fourth-order valence-electron chi connectivity index (χ4n) is 11.7. The number of phenolic OH excluding ortho intramolecular Hbond substituents is 1. The van der Waals surface area contributed by atoms with Crippen molar-refractivity contribution in [2.24, 2.45) is 79.9 Å². The van der Waals surface area contributed by atoms with Gasteiger partial charge >= 0.3 is 5.97 Å². The van der Waals surface area contributed by atoms with Gasteiger partial charge in [-0.1, -0.05) is 67.5 Å². The highest BCUT2D eigenvalue weighted by Crippen LogP contribution is 2.27. The van der Waals surface area contributed by atoms with Crippen LogP contribution in [-0.4, -0.2) is 249 Å². The van der Waals surface area contributed by atoms with Gasteiger partial charge in [-0.15, -0.1) is 0 Å². The van der Waals surface area contributed by atoms with Crippen LogP contribution in [0.3, 0.4) is 0 Å². The van der Waals surface area contributed by atoms with Crippen molar-refractivity contribution in [3.63, 3.8) is 0 Å². The Morgan fingerprint density at radius 3 is 1.72 bits per heavy atom. The number of benzene rings is 1. The summed E-state index contributed by atoms with van der Waals surface area (Å²) in [4.78, 5) is 196. The number of nitrogens with one attached hydrogen (secondary N) is 8. The number of rotatable bonds is 34. The van der Waals surface area contributed by atoms with Crippen LogP contribution >= 0.6 is 0 Å². The molecule has 1 heterocycles. The van der Waals surface area contributed by atoms with Gasteiger partial charge in [0.1, 0.15) is 78.4 Å². The third-order valence-electron chi connectivity index (χ3n) is 18.5. The molecule has 0 saturated carbocycles. The van der Waals surface area contributed by atoms with Crippen LogP contribution in [0, 0.1) is 35.5 Å². The average Bonchev–Trinajstić information content (AvgIpc) is 0.811. The van der Waals surface area contributed by atoms with Crippen LogP contribution in [0.5, 0.6) is 5.75 Å². The molecule has 25 N–H and O–H groups in total. The smallest absolute Gasteiger partial charge is 0.328 e. The second-order valence-corrected chi connectivity index (χ2v) is 28.0. The maximum absolute atomic E-state index is 15.1. The predicted molar refractivity (Wildman–Crippen MR) is 386 cm³/mol. The Labute approximate surface area is 617 Å². The predicted octanol–water partition coefficient (Wildman–Crippen LogP) is -5.44. The number of carbonyl (C=O) groups excluding carboxylic acids is 13. The standard InChI is InChI=1S/C68H116N18O20/c1-30(2)28-32(5)51(90)35(8)56(94)77-36(9)57(95)78-42(18-16-26-75-67(71)72)52(91)53(92)63(101)81-47(33(6)34(7)55(70)93)60(98)83-49-39(12)106-66(104)37(10)85(13)65(103)50(54(105-15)40-20-22-41(88)23-21-40)84-59(97)45(24-25-46(69)89)86(14)64(102)44(29-31(3)4)80-58(96)43(19-17-27-76-68(73)74)79-61(99)48(38(11)87)82-62(49)100/h20-23,30-39,42-45,47-54,87-88,90-92H,16-19,24-29H2,1-15H3,(H2,69,89)(H2,70,93)(H,77,94)(H,78,95)(H,79,99)(H,80,96)(H,81,101)(H,82,100)(H,83,98)(H,84,97)(H4,71,72,75)(H4,73,74,76)/t32-,33+,34-,35-,36-,37+,38-,39-,42+,43-,44+,45+,47+,48?,49-,50?,51-,52-,53-,54?/m1/s1. The van der Waals surface area contributed by atoms with Gasteiger partial charge in [-0.2, -0.15) is 0 Å². The Hall–Kier alpha value is -9.53. The monoisotopic (exact) mass is 1500 g/mol. The summed E-state index contributed by atoms with van der Waals surface area (Å²) in [5, 5.41) is 75.7. The van der Waals surface area contributed by atoms with Gasteiger partial charge in [-0.05, 0) is 114 Å². The number of aliphatic hydroxyl groups excluding tert-OH is 4. The largest absolute Gasteiger partial charge is 0.508 e. The quantitative estimate of drug-likeness (QED) is 0.0132. The van der Waals surface area contributed by atoms with Crippen LogP contribution < -0.4 is 76.9 Å². The van der Waals surface area contributed by atoms with E-state index in [1.807, 2.05) is 13.8 Å². The van der Waals surface area contributed by atoms with Crippen molar-refractivity contribution in [3.8, 4) is 5.75 Å². The number of primary amides is 2. The van der Waals surface area contributed by atoms with Crippen LogP contribution in [-0.2, 0) is 71.8 Å². The first kappa shape index (κ1) is 92.6. The number of hydrogen-bond donors (Lipinski definition) is 19. The molecule has 1 fully saturated rings. The van der Waals surface area contributed by atoms with Crippen molar-refractivity contribution in [1.82, 2.24) is 52.3 Å². The number of phenols is 1. The summed E-state index contributed by atoms with van der Waals surface area (Å²) in [6.07, 6.45) is -12.4. The molecule has 1 aliphatic heterocycles. The first-order valence-electron chi connectivity index (χ1n) is 35.2. The Bertz CT molecular complexity index is 3230. The van der Waals surface area contributed by atoms with Crippen LogP contribution in [0.2, 0.25) is 0 Å². The second kappa shape index (κ2) is 43.8. The Balaban J connectivity index is 3.02. The number of aliphatic hydroxyl groups is 4. The number of cyclic esters (lactones) is 1. The molecule has 0 aliphatic carbocycles. The van der Waals surface area contributed by atoms with Crippen molar-refractivity contribution in [1.29, 1.82) is 0 Å². The number of ether oxygens (including phenoxy) is 2. The number of carbonyl (C=O) groups is 13. The van der Waals surface area contributed by atoms with E-state index in [4.69, 9.17) is 43.9 Å². The number of esters is 1. The molecule has 20 atom stereocenters. The summed E-state index contributed by atoms with van der Waals surface area (Å²) in [7, 11) is 3.47. The van der Waals surface area contributed by atoms with Gasteiger partial charge in [-0.3, -0.25) is 67.5 Å². The zero-order chi connectivity index (χ0) is 81.1. The average molecular weight is 1510 g/mol. The third-order valence-corrected chi connectivity index (χ3v) is 18.5. The topological polar surface area (TPSA) is 625 Å². The van der Waals surface area contributed by atoms with E-state index in [1.165, 1.54) is 66.1 Å².